The highest BCUT2D eigenvalue weighted by atomic mass is 16.2. The maximum atomic E-state index is 12.1. The number of carbonyl (C=O) groups is 1. The zero-order chi connectivity index (χ0) is 16.4. The van der Waals surface area contributed by atoms with Crippen LogP contribution in [0.5, 0.6) is 0 Å². The number of nitrogens with one attached hydrogen (secondary N) is 1. The number of hydrogen-bond acceptors (Lipinski definition) is 4. The van der Waals surface area contributed by atoms with Crippen molar-refractivity contribution in [1.29, 1.82) is 0 Å². The normalized spacial score (nSPS) is 17.8. The molecule has 4 rings (SSSR count). The number of anilines is 1. The van der Waals surface area contributed by atoms with Crippen molar-refractivity contribution in [3.63, 3.8) is 0 Å². The Bertz CT molecular complexity index is 731. The molecule has 0 saturated carbocycles. The van der Waals surface area contributed by atoms with E-state index >= 15 is 0 Å². The third-order valence-electron chi connectivity index (χ3n) is 4.96. The molecular weight excluding hydrogens is 300 g/mol. The molecule has 1 aliphatic heterocycles. The molecule has 24 heavy (non-hydrogen) atoms. The van der Waals surface area contributed by atoms with Crippen molar-refractivity contribution in [3.05, 3.63) is 53.5 Å². The summed E-state index contributed by atoms with van der Waals surface area (Å²) in [5.41, 5.74) is 3.59. The zero-order valence-corrected chi connectivity index (χ0v) is 13.7. The number of hydrogen-bond donors (Lipinski definition) is 1. The summed E-state index contributed by atoms with van der Waals surface area (Å²) in [6, 6.07) is 10.4. The first-order chi connectivity index (χ1) is 11.8. The van der Waals surface area contributed by atoms with Crippen molar-refractivity contribution in [2.75, 3.05) is 18.4 Å². The highest BCUT2D eigenvalue weighted by molar-refractivity contribution is 5.78. The molecule has 1 N–H and O–H groups in total. The minimum atomic E-state index is 0.0489. The van der Waals surface area contributed by atoms with Gasteiger partial charge in [0.05, 0.1) is 6.04 Å². The SMILES string of the molecule is O=C1CCCN1C[C@H](Nc1ncnc2c1CCC2)c1ccccc1. The molecule has 1 atom stereocenters. The average Bonchev–Trinajstić information content (AvgIpc) is 3.25. The number of amides is 1. The molecule has 1 amide bonds. The van der Waals surface area contributed by atoms with Gasteiger partial charge in [-0.2, -0.15) is 0 Å². The molecule has 0 spiro atoms. The van der Waals surface area contributed by atoms with Crippen LogP contribution in [0.4, 0.5) is 5.82 Å². The lowest BCUT2D eigenvalue weighted by Crippen LogP contribution is -2.33. The van der Waals surface area contributed by atoms with Crippen LogP contribution < -0.4 is 5.32 Å². The number of nitrogens with zero attached hydrogens (tertiary/aromatic N) is 3. The Morgan fingerprint density at radius 2 is 1.96 bits per heavy atom. The van der Waals surface area contributed by atoms with Gasteiger partial charge in [-0.25, -0.2) is 9.97 Å². The van der Waals surface area contributed by atoms with Crippen LogP contribution >= 0.6 is 0 Å². The molecule has 2 heterocycles. The summed E-state index contributed by atoms with van der Waals surface area (Å²) >= 11 is 0. The van der Waals surface area contributed by atoms with Gasteiger partial charge in [-0.3, -0.25) is 4.79 Å². The van der Waals surface area contributed by atoms with E-state index in [0.29, 0.717) is 13.0 Å². The van der Waals surface area contributed by atoms with Gasteiger partial charge >= 0.3 is 0 Å². The first kappa shape index (κ1) is 15.1. The number of carbonyl (C=O) groups excluding carboxylic acids is 1. The van der Waals surface area contributed by atoms with Crippen LogP contribution in [0.1, 0.15) is 42.1 Å². The highest BCUT2D eigenvalue weighted by Crippen LogP contribution is 2.29. The van der Waals surface area contributed by atoms with Gasteiger partial charge in [0.15, 0.2) is 0 Å². The van der Waals surface area contributed by atoms with E-state index in [0.717, 1.165) is 43.7 Å². The molecular formula is C19H22N4O. The van der Waals surface area contributed by atoms with E-state index in [1.807, 2.05) is 23.1 Å². The van der Waals surface area contributed by atoms with Crippen molar-refractivity contribution in [2.24, 2.45) is 0 Å². The van der Waals surface area contributed by atoms with Crippen molar-refractivity contribution >= 4 is 11.7 Å². The van der Waals surface area contributed by atoms with Crippen molar-refractivity contribution in [1.82, 2.24) is 14.9 Å². The van der Waals surface area contributed by atoms with Gasteiger partial charge in [-0.15, -0.1) is 0 Å². The Labute approximate surface area is 142 Å². The number of benzene rings is 1. The largest absolute Gasteiger partial charge is 0.361 e. The van der Waals surface area contributed by atoms with Gasteiger partial charge in [-0.1, -0.05) is 30.3 Å². The maximum Gasteiger partial charge on any atom is 0.222 e. The average molecular weight is 322 g/mol. The standard InChI is InChI=1S/C19H22N4O/c24-18-10-5-11-23(18)12-17(14-6-2-1-3-7-14)22-19-15-8-4-9-16(15)20-13-21-19/h1-3,6-7,13,17H,4-5,8-12H2,(H,20,21,22)/t17-/m0/s1. The Morgan fingerprint density at radius 1 is 1.08 bits per heavy atom. The fourth-order valence-electron chi connectivity index (χ4n) is 3.69. The number of fused-ring (bicyclic) bond motifs is 1. The van der Waals surface area contributed by atoms with Crippen LogP contribution in [0.2, 0.25) is 0 Å². The highest BCUT2D eigenvalue weighted by Gasteiger charge is 2.26. The molecule has 1 aliphatic carbocycles. The van der Waals surface area contributed by atoms with Crippen LogP contribution in [0.3, 0.4) is 0 Å². The lowest BCUT2D eigenvalue weighted by molar-refractivity contribution is -0.127. The number of rotatable bonds is 5. The fourth-order valence-corrected chi connectivity index (χ4v) is 3.69. The zero-order valence-electron chi connectivity index (χ0n) is 13.7. The van der Waals surface area contributed by atoms with E-state index in [-0.39, 0.29) is 11.9 Å². The lowest BCUT2D eigenvalue weighted by atomic mass is 10.1. The van der Waals surface area contributed by atoms with Gasteiger partial charge in [0.25, 0.3) is 0 Å². The van der Waals surface area contributed by atoms with E-state index in [4.69, 9.17) is 0 Å². The summed E-state index contributed by atoms with van der Waals surface area (Å²) in [6.45, 7) is 1.54. The summed E-state index contributed by atoms with van der Waals surface area (Å²) in [6.07, 6.45) is 6.49. The van der Waals surface area contributed by atoms with Gasteiger partial charge < -0.3 is 10.2 Å². The van der Waals surface area contributed by atoms with E-state index in [1.165, 1.54) is 11.1 Å². The quantitative estimate of drug-likeness (QED) is 0.919. The van der Waals surface area contributed by atoms with Crippen molar-refractivity contribution < 1.29 is 4.79 Å². The fraction of sp³-hybridized carbons (Fsp3) is 0.421. The topological polar surface area (TPSA) is 58.1 Å². The summed E-state index contributed by atoms with van der Waals surface area (Å²) in [4.78, 5) is 22.9. The van der Waals surface area contributed by atoms with E-state index in [2.05, 4.69) is 27.4 Å². The van der Waals surface area contributed by atoms with Crippen LogP contribution in [0, 0.1) is 0 Å². The second-order valence-electron chi connectivity index (χ2n) is 6.55. The van der Waals surface area contributed by atoms with Crippen molar-refractivity contribution in [2.45, 2.75) is 38.1 Å². The maximum absolute atomic E-state index is 12.1. The monoisotopic (exact) mass is 322 g/mol. The predicted octanol–water partition coefficient (Wildman–Crippen LogP) is 2.74. The molecule has 2 aromatic rings. The van der Waals surface area contributed by atoms with Crippen LogP contribution in [-0.2, 0) is 17.6 Å². The second-order valence-corrected chi connectivity index (χ2v) is 6.55. The lowest BCUT2D eigenvalue weighted by Gasteiger charge is -2.26. The minimum absolute atomic E-state index is 0.0489. The number of likely N-dealkylation sites (tertiary alicyclic amines) is 1. The summed E-state index contributed by atoms with van der Waals surface area (Å²) in [7, 11) is 0. The summed E-state index contributed by atoms with van der Waals surface area (Å²) in [5.74, 6) is 1.18. The molecule has 0 radical (unpaired) electrons. The van der Waals surface area contributed by atoms with Crippen molar-refractivity contribution in [3.8, 4) is 0 Å². The Balaban J connectivity index is 1.61. The first-order valence-corrected chi connectivity index (χ1v) is 8.73. The molecule has 1 aromatic heterocycles. The van der Waals surface area contributed by atoms with E-state index in [9.17, 15) is 4.79 Å². The van der Waals surface area contributed by atoms with Crippen LogP contribution in [0.15, 0.2) is 36.7 Å². The molecule has 0 unspecified atom stereocenters. The minimum Gasteiger partial charge on any atom is -0.361 e. The van der Waals surface area contributed by atoms with Gasteiger partial charge in [0.2, 0.25) is 5.91 Å². The second kappa shape index (κ2) is 6.59. The molecule has 1 aromatic carbocycles. The first-order valence-electron chi connectivity index (χ1n) is 8.73. The number of aryl methyl sites for hydroxylation is 1. The third-order valence-corrected chi connectivity index (χ3v) is 4.96. The Hall–Kier alpha value is -2.43. The third kappa shape index (κ3) is 2.98. The molecule has 1 fully saturated rings. The van der Waals surface area contributed by atoms with Crippen LogP contribution in [0.25, 0.3) is 0 Å². The summed E-state index contributed by atoms with van der Waals surface area (Å²) in [5, 5.41) is 3.60. The summed E-state index contributed by atoms with van der Waals surface area (Å²) < 4.78 is 0. The van der Waals surface area contributed by atoms with E-state index in [1.54, 1.807) is 6.33 Å². The predicted molar refractivity (Wildman–Crippen MR) is 92.7 cm³/mol. The van der Waals surface area contributed by atoms with Gasteiger partial charge in [0, 0.05) is 30.8 Å². The molecule has 2 aliphatic rings. The van der Waals surface area contributed by atoms with Crippen LogP contribution in [-0.4, -0.2) is 33.9 Å². The Kier molecular flexibility index (Phi) is 4.15. The van der Waals surface area contributed by atoms with Gasteiger partial charge in [0.1, 0.15) is 12.1 Å². The van der Waals surface area contributed by atoms with Gasteiger partial charge in [-0.05, 0) is 31.2 Å². The Morgan fingerprint density at radius 3 is 2.75 bits per heavy atom. The molecule has 1 saturated heterocycles. The number of aromatic nitrogens is 2. The molecule has 5 nitrogen and oxygen atoms in total. The van der Waals surface area contributed by atoms with E-state index < -0.39 is 0 Å². The molecule has 124 valence electrons. The smallest absolute Gasteiger partial charge is 0.222 e. The molecule has 0 bridgehead atoms. The molecule has 5 heteroatoms.